The van der Waals surface area contributed by atoms with Crippen LogP contribution in [0.15, 0.2) is 42.5 Å². The standard InChI is InChI=1S/C23H26N2O5/c1-5-6-15-7-9-16(10-8-15)23(2)21(27)25(22(28)24-23)14-19(26)18-13-17(29-3)11-12-20(18)30-4/h7-13H,5-6,14H2,1-4H3,(H,24,28). The van der Waals surface area contributed by atoms with E-state index in [1.807, 2.05) is 24.3 Å². The van der Waals surface area contributed by atoms with Crippen LogP contribution in [-0.4, -0.2) is 43.4 Å². The van der Waals surface area contributed by atoms with Gasteiger partial charge in [0.1, 0.15) is 17.0 Å². The largest absolute Gasteiger partial charge is 0.497 e. The molecule has 0 spiro atoms. The summed E-state index contributed by atoms with van der Waals surface area (Å²) >= 11 is 0. The van der Waals surface area contributed by atoms with Gasteiger partial charge in [0.25, 0.3) is 5.91 Å². The Balaban J connectivity index is 1.84. The number of amides is 3. The molecule has 30 heavy (non-hydrogen) atoms. The number of imide groups is 1. The molecule has 1 fully saturated rings. The highest BCUT2D eigenvalue weighted by Gasteiger charge is 2.49. The molecule has 1 N–H and O–H groups in total. The molecule has 1 unspecified atom stereocenters. The Hall–Kier alpha value is -3.35. The van der Waals surface area contributed by atoms with Gasteiger partial charge < -0.3 is 14.8 Å². The van der Waals surface area contributed by atoms with Crippen molar-refractivity contribution in [2.75, 3.05) is 20.8 Å². The molecule has 0 aromatic heterocycles. The number of nitrogens with zero attached hydrogens (tertiary/aromatic N) is 1. The van der Waals surface area contributed by atoms with Crippen LogP contribution in [-0.2, 0) is 16.8 Å². The number of ether oxygens (including phenoxy) is 2. The van der Waals surface area contributed by atoms with Crippen LogP contribution in [0.4, 0.5) is 4.79 Å². The first kappa shape index (κ1) is 21.4. The number of hydrogen-bond acceptors (Lipinski definition) is 5. The van der Waals surface area contributed by atoms with Gasteiger partial charge in [-0.15, -0.1) is 0 Å². The molecule has 1 aliphatic heterocycles. The Morgan fingerprint density at radius 2 is 1.77 bits per heavy atom. The average Bonchev–Trinajstić information content (AvgIpc) is 2.97. The molecule has 2 aromatic carbocycles. The summed E-state index contributed by atoms with van der Waals surface area (Å²) in [6.45, 7) is 3.36. The Labute approximate surface area is 176 Å². The third kappa shape index (κ3) is 3.87. The second kappa shape index (κ2) is 8.57. The molecule has 3 amide bonds. The topological polar surface area (TPSA) is 84.9 Å². The first-order chi connectivity index (χ1) is 14.3. The van der Waals surface area contributed by atoms with Gasteiger partial charge in [0.05, 0.1) is 26.3 Å². The van der Waals surface area contributed by atoms with Crippen molar-refractivity contribution in [1.29, 1.82) is 0 Å². The van der Waals surface area contributed by atoms with Crippen molar-refractivity contribution in [2.24, 2.45) is 0 Å². The highest BCUT2D eigenvalue weighted by molar-refractivity contribution is 6.11. The molecule has 3 rings (SSSR count). The highest BCUT2D eigenvalue weighted by atomic mass is 16.5. The molecule has 0 aliphatic carbocycles. The third-order valence-electron chi connectivity index (χ3n) is 5.35. The van der Waals surface area contributed by atoms with Gasteiger partial charge in [0, 0.05) is 0 Å². The van der Waals surface area contributed by atoms with Crippen molar-refractivity contribution >= 4 is 17.7 Å². The smallest absolute Gasteiger partial charge is 0.325 e. The number of methoxy groups -OCH3 is 2. The summed E-state index contributed by atoms with van der Waals surface area (Å²) in [5.74, 6) is -0.0572. The zero-order chi connectivity index (χ0) is 21.9. The maximum Gasteiger partial charge on any atom is 0.325 e. The van der Waals surface area contributed by atoms with Gasteiger partial charge >= 0.3 is 6.03 Å². The lowest BCUT2D eigenvalue weighted by molar-refractivity contribution is -0.130. The van der Waals surface area contributed by atoms with Crippen LogP contribution in [0.2, 0.25) is 0 Å². The minimum Gasteiger partial charge on any atom is -0.497 e. The fourth-order valence-electron chi connectivity index (χ4n) is 3.59. The number of ketones is 1. The van der Waals surface area contributed by atoms with Crippen molar-refractivity contribution in [2.45, 2.75) is 32.2 Å². The van der Waals surface area contributed by atoms with Gasteiger partial charge in [0.2, 0.25) is 0 Å². The molecular formula is C23H26N2O5. The highest BCUT2D eigenvalue weighted by Crippen LogP contribution is 2.30. The van der Waals surface area contributed by atoms with Gasteiger partial charge in [-0.2, -0.15) is 0 Å². The van der Waals surface area contributed by atoms with Crippen molar-refractivity contribution in [3.63, 3.8) is 0 Å². The summed E-state index contributed by atoms with van der Waals surface area (Å²) in [6, 6.07) is 11.8. The fraction of sp³-hybridized carbons (Fsp3) is 0.348. The summed E-state index contributed by atoms with van der Waals surface area (Å²) in [4.78, 5) is 39.5. The van der Waals surface area contributed by atoms with Gasteiger partial charge in [-0.1, -0.05) is 37.6 Å². The van der Waals surface area contributed by atoms with Gasteiger partial charge in [-0.3, -0.25) is 14.5 Å². The van der Waals surface area contributed by atoms with Crippen LogP contribution < -0.4 is 14.8 Å². The van der Waals surface area contributed by atoms with E-state index in [2.05, 4.69) is 12.2 Å². The number of hydrogen-bond donors (Lipinski definition) is 1. The number of Topliss-reactive ketones (excluding diaryl/α,β-unsaturated/α-hetero) is 1. The molecule has 1 aliphatic rings. The molecular weight excluding hydrogens is 384 g/mol. The second-order valence-electron chi connectivity index (χ2n) is 7.38. The molecule has 0 bridgehead atoms. The van der Waals surface area contributed by atoms with E-state index in [0.717, 1.165) is 17.7 Å². The fourth-order valence-corrected chi connectivity index (χ4v) is 3.59. The zero-order valence-electron chi connectivity index (χ0n) is 17.7. The molecule has 2 aromatic rings. The third-order valence-corrected chi connectivity index (χ3v) is 5.35. The monoisotopic (exact) mass is 410 g/mol. The van der Waals surface area contributed by atoms with E-state index in [0.29, 0.717) is 17.1 Å². The summed E-state index contributed by atoms with van der Waals surface area (Å²) in [7, 11) is 2.94. The first-order valence-electron chi connectivity index (χ1n) is 9.82. The second-order valence-corrected chi connectivity index (χ2v) is 7.38. The van der Waals surface area contributed by atoms with E-state index in [-0.39, 0.29) is 5.56 Å². The maximum atomic E-state index is 13.1. The van der Waals surface area contributed by atoms with E-state index in [1.165, 1.54) is 25.8 Å². The lowest BCUT2D eigenvalue weighted by atomic mass is 9.91. The minimum atomic E-state index is -1.22. The quantitative estimate of drug-likeness (QED) is 0.533. The predicted molar refractivity (Wildman–Crippen MR) is 112 cm³/mol. The normalized spacial score (nSPS) is 18.3. The Kier molecular flexibility index (Phi) is 6.10. The Bertz CT molecular complexity index is 970. The van der Waals surface area contributed by atoms with E-state index in [9.17, 15) is 14.4 Å². The summed E-state index contributed by atoms with van der Waals surface area (Å²) in [5.41, 5.74) is 0.865. The zero-order valence-corrected chi connectivity index (χ0v) is 17.7. The van der Waals surface area contributed by atoms with Crippen molar-refractivity contribution < 1.29 is 23.9 Å². The van der Waals surface area contributed by atoms with Crippen molar-refractivity contribution in [3.8, 4) is 11.5 Å². The summed E-state index contributed by atoms with van der Waals surface area (Å²) in [5, 5.41) is 2.74. The molecule has 7 nitrogen and oxygen atoms in total. The number of nitrogens with one attached hydrogen (secondary N) is 1. The number of carbonyl (C=O) groups excluding carboxylic acids is 3. The van der Waals surface area contributed by atoms with Crippen molar-refractivity contribution in [1.82, 2.24) is 10.2 Å². The lowest BCUT2D eigenvalue weighted by Gasteiger charge is -2.22. The molecule has 7 heteroatoms. The average molecular weight is 410 g/mol. The van der Waals surface area contributed by atoms with Crippen molar-refractivity contribution in [3.05, 3.63) is 59.2 Å². The molecule has 1 saturated heterocycles. The Morgan fingerprint density at radius 3 is 2.37 bits per heavy atom. The summed E-state index contributed by atoms with van der Waals surface area (Å²) in [6.07, 6.45) is 1.97. The van der Waals surface area contributed by atoms with Crippen LogP contribution >= 0.6 is 0 Å². The molecule has 0 radical (unpaired) electrons. The first-order valence-corrected chi connectivity index (χ1v) is 9.82. The maximum absolute atomic E-state index is 13.1. The molecule has 0 saturated carbocycles. The number of benzene rings is 2. The van der Waals surface area contributed by atoms with Crippen LogP contribution in [0.25, 0.3) is 0 Å². The van der Waals surface area contributed by atoms with Crippen LogP contribution in [0.3, 0.4) is 0 Å². The predicted octanol–water partition coefficient (Wildman–Crippen LogP) is 3.31. The summed E-state index contributed by atoms with van der Waals surface area (Å²) < 4.78 is 10.4. The van der Waals surface area contributed by atoms with Crippen LogP contribution in [0, 0.1) is 0 Å². The van der Waals surface area contributed by atoms with Gasteiger partial charge in [-0.05, 0) is 42.7 Å². The van der Waals surface area contributed by atoms with E-state index in [1.54, 1.807) is 19.1 Å². The molecule has 158 valence electrons. The van der Waals surface area contributed by atoms with Gasteiger partial charge in [0.15, 0.2) is 5.78 Å². The number of rotatable bonds is 8. The molecule has 1 atom stereocenters. The number of urea groups is 1. The lowest BCUT2D eigenvalue weighted by Crippen LogP contribution is -2.41. The van der Waals surface area contributed by atoms with Crippen LogP contribution in [0.1, 0.15) is 41.8 Å². The SMILES string of the molecule is CCCc1ccc(C2(C)NC(=O)N(CC(=O)c3cc(OC)ccc3OC)C2=O)cc1. The Morgan fingerprint density at radius 1 is 1.07 bits per heavy atom. The van der Waals surface area contributed by atoms with Crippen LogP contribution in [0.5, 0.6) is 11.5 Å². The van der Waals surface area contributed by atoms with E-state index in [4.69, 9.17) is 9.47 Å². The number of aryl methyl sites for hydroxylation is 1. The van der Waals surface area contributed by atoms with E-state index >= 15 is 0 Å². The molecule has 1 heterocycles. The van der Waals surface area contributed by atoms with E-state index < -0.39 is 29.8 Å². The minimum absolute atomic E-state index is 0.245. The van der Waals surface area contributed by atoms with Gasteiger partial charge in [-0.25, -0.2) is 4.79 Å². The number of carbonyl (C=O) groups is 3.